The van der Waals surface area contributed by atoms with Gasteiger partial charge >= 0.3 is 0 Å². The standard InChI is InChI=1S/C23H36N4O3S/c1-5-26(15(2)3)22-21(11-8-16(4)24-22)31(29,30)27-12-6-7-20(27)23(28)25-19-10-9-17-13-18(17)14-19/h8,11,15,17-20H,5-7,9-10,12-14H2,1-4H3,(H,25,28)/t17?,18?,19?,20-/m0/s1. The first-order valence-corrected chi connectivity index (χ1v) is 13.2. The fourth-order valence-electron chi connectivity index (χ4n) is 5.39. The van der Waals surface area contributed by atoms with Crippen LogP contribution in [0.4, 0.5) is 5.82 Å². The summed E-state index contributed by atoms with van der Waals surface area (Å²) in [7, 11) is -3.84. The Morgan fingerprint density at radius 1 is 1.23 bits per heavy atom. The molecule has 3 fully saturated rings. The number of nitrogens with one attached hydrogen (secondary N) is 1. The van der Waals surface area contributed by atoms with E-state index in [4.69, 9.17) is 0 Å². The number of anilines is 1. The molecule has 31 heavy (non-hydrogen) atoms. The van der Waals surface area contributed by atoms with Gasteiger partial charge in [-0.25, -0.2) is 13.4 Å². The van der Waals surface area contributed by atoms with Crippen molar-refractivity contribution in [1.29, 1.82) is 0 Å². The molecule has 172 valence electrons. The van der Waals surface area contributed by atoms with Crippen molar-refractivity contribution >= 4 is 21.7 Å². The molecule has 8 heteroatoms. The number of rotatable bonds is 7. The minimum Gasteiger partial charge on any atom is -0.353 e. The fraction of sp³-hybridized carbons (Fsp3) is 0.739. The lowest BCUT2D eigenvalue weighted by Crippen LogP contribution is -2.49. The number of aromatic nitrogens is 1. The third-order valence-corrected chi connectivity index (χ3v) is 9.13. The van der Waals surface area contributed by atoms with E-state index in [9.17, 15) is 13.2 Å². The quantitative estimate of drug-likeness (QED) is 0.693. The average Bonchev–Trinajstić information content (AvgIpc) is 3.29. The van der Waals surface area contributed by atoms with Crippen molar-refractivity contribution < 1.29 is 13.2 Å². The first-order chi connectivity index (χ1) is 14.7. The molecule has 4 rings (SSSR count). The van der Waals surface area contributed by atoms with E-state index < -0.39 is 16.1 Å². The predicted molar refractivity (Wildman–Crippen MR) is 121 cm³/mol. The van der Waals surface area contributed by atoms with Crippen LogP contribution in [0.25, 0.3) is 0 Å². The highest BCUT2D eigenvalue weighted by molar-refractivity contribution is 7.89. The monoisotopic (exact) mass is 448 g/mol. The Labute approximate surface area is 186 Å². The molecular formula is C23H36N4O3S. The van der Waals surface area contributed by atoms with Crippen molar-refractivity contribution in [1.82, 2.24) is 14.6 Å². The molecule has 1 amide bonds. The van der Waals surface area contributed by atoms with Crippen LogP contribution in [-0.4, -0.2) is 54.8 Å². The van der Waals surface area contributed by atoms with Crippen molar-refractivity contribution in [3.8, 4) is 0 Å². The lowest BCUT2D eigenvalue weighted by atomic mass is 9.95. The van der Waals surface area contributed by atoms with Gasteiger partial charge in [0.05, 0.1) is 0 Å². The lowest BCUT2D eigenvalue weighted by Gasteiger charge is -2.31. The maximum Gasteiger partial charge on any atom is 0.247 e. The number of nitrogens with zero attached hydrogens (tertiary/aromatic N) is 3. The zero-order valence-electron chi connectivity index (χ0n) is 19.2. The third-order valence-electron chi connectivity index (χ3n) is 7.20. The van der Waals surface area contributed by atoms with Crippen molar-refractivity contribution in [2.24, 2.45) is 11.8 Å². The number of hydrogen-bond donors (Lipinski definition) is 1. The van der Waals surface area contributed by atoms with Crippen LogP contribution in [0.2, 0.25) is 0 Å². The molecule has 3 unspecified atom stereocenters. The van der Waals surface area contributed by atoms with Gasteiger partial charge in [-0.2, -0.15) is 4.31 Å². The van der Waals surface area contributed by atoms with Crippen LogP contribution in [0.5, 0.6) is 0 Å². The van der Waals surface area contributed by atoms with Gasteiger partial charge in [0, 0.05) is 30.9 Å². The summed E-state index contributed by atoms with van der Waals surface area (Å²) in [6.45, 7) is 8.96. The van der Waals surface area contributed by atoms with Gasteiger partial charge in [-0.15, -0.1) is 0 Å². The molecule has 2 saturated carbocycles. The first kappa shape index (κ1) is 22.5. The van der Waals surface area contributed by atoms with E-state index in [1.54, 1.807) is 12.1 Å². The molecule has 1 aliphatic heterocycles. The molecule has 7 nitrogen and oxygen atoms in total. The number of pyridine rings is 1. The van der Waals surface area contributed by atoms with Gasteiger partial charge in [-0.05, 0) is 90.2 Å². The van der Waals surface area contributed by atoms with Gasteiger partial charge in [0.1, 0.15) is 16.8 Å². The summed E-state index contributed by atoms with van der Waals surface area (Å²) in [5.41, 5.74) is 0.777. The summed E-state index contributed by atoms with van der Waals surface area (Å²) >= 11 is 0. The van der Waals surface area contributed by atoms with E-state index in [0.717, 1.165) is 30.4 Å². The molecule has 4 atom stereocenters. The molecule has 1 aromatic rings. The van der Waals surface area contributed by atoms with Crippen LogP contribution in [-0.2, 0) is 14.8 Å². The molecule has 1 saturated heterocycles. The maximum absolute atomic E-state index is 13.8. The molecule has 0 aromatic carbocycles. The van der Waals surface area contributed by atoms with Crippen LogP contribution in [0.3, 0.4) is 0 Å². The fourth-order valence-corrected chi connectivity index (χ4v) is 7.18. The minimum atomic E-state index is -3.84. The van der Waals surface area contributed by atoms with Gasteiger partial charge < -0.3 is 10.2 Å². The van der Waals surface area contributed by atoms with Gasteiger partial charge in [-0.3, -0.25) is 4.79 Å². The Morgan fingerprint density at radius 2 is 2.00 bits per heavy atom. The number of fused-ring (bicyclic) bond motifs is 1. The number of carbonyl (C=O) groups is 1. The predicted octanol–water partition coefficient (Wildman–Crippen LogP) is 3.08. The Bertz CT molecular complexity index is 933. The second-order valence-electron chi connectivity index (χ2n) is 9.70. The average molecular weight is 449 g/mol. The van der Waals surface area contributed by atoms with E-state index in [1.165, 1.54) is 17.1 Å². The molecular weight excluding hydrogens is 412 g/mol. The molecule has 1 aromatic heterocycles. The van der Waals surface area contributed by atoms with Gasteiger partial charge in [0.25, 0.3) is 0 Å². The normalized spacial score (nSPS) is 28.4. The molecule has 2 heterocycles. The number of amides is 1. The van der Waals surface area contributed by atoms with Crippen LogP contribution in [0, 0.1) is 18.8 Å². The SMILES string of the molecule is CCN(c1nc(C)ccc1S(=O)(=O)N1CCC[C@H]1C(=O)NC1CCC2CC2C1)C(C)C. The highest BCUT2D eigenvalue weighted by Gasteiger charge is 2.45. The molecule has 1 N–H and O–H groups in total. The second-order valence-corrected chi connectivity index (χ2v) is 11.6. The van der Waals surface area contributed by atoms with Crippen molar-refractivity contribution in [3.05, 3.63) is 17.8 Å². The van der Waals surface area contributed by atoms with Crippen LogP contribution in [0.1, 0.15) is 65.0 Å². The van der Waals surface area contributed by atoms with Gasteiger partial charge in [-0.1, -0.05) is 0 Å². The number of sulfonamides is 1. The maximum atomic E-state index is 13.8. The van der Waals surface area contributed by atoms with E-state index in [-0.39, 0.29) is 22.9 Å². The van der Waals surface area contributed by atoms with Gasteiger partial charge in [0.2, 0.25) is 15.9 Å². The lowest BCUT2D eigenvalue weighted by molar-refractivity contribution is -0.125. The van der Waals surface area contributed by atoms with Crippen LogP contribution >= 0.6 is 0 Å². The summed E-state index contributed by atoms with van der Waals surface area (Å²) < 4.78 is 28.9. The first-order valence-electron chi connectivity index (χ1n) is 11.8. The summed E-state index contributed by atoms with van der Waals surface area (Å²) in [4.78, 5) is 19.9. The topological polar surface area (TPSA) is 82.6 Å². The highest BCUT2D eigenvalue weighted by atomic mass is 32.2. The van der Waals surface area contributed by atoms with Crippen molar-refractivity contribution in [3.63, 3.8) is 0 Å². The number of aryl methyl sites for hydroxylation is 1. The molecule has 0 bridgehead atoms. The molecule has 0 spiro atoms. The zero-order valence-corrected chi connectivity index (χ0v) is 20.0. The van der Waals surface area contributed by atoms with E-state index in [2.05, 4.69) is 10.3 Å². The highest BCUT2D eigenvalue weighted by Crippen LogP contribution is 2.49. The zero-order chi connectivity index (χ0) is 22.3. The van der Waals surface area contributed by atoms with Crippen molar-refractivity contribution in [2.75, 3.05) is 18.0 Å². The smallest absolute Gasteiger partial charge is 0.247 e. The Hall–Kier alpha value is -1.67. The third kappa shape index (κ3) is 4.46. The van der Waals surface area contributed by atoms with E-state index >= 15 is 0 Å². The minimum absolute atomic E-state index is 0.114. The van der Waals surface area contributed by atoms with Crippen LogP contribution in [0.15, 0.2) is 17.0 Å². The summed E-state index contributed by atoms with van der Waals surface area (Å²) in [5.74, 6) is 1.98. The summed E-state index contributed by atoms with van der Waals surface area (Å²) in [5, 5.41) is 3.18. The van der Waals surface area contributed by atoms with Crippen LogP contribution < -0.4 is 10.2 Å². The largest absolute Gasteiger partial charge is 0.353 e. The summed E-state index contributed by atoms with van der Waals surface area (Å²) in [6, 6.07) is 3.06. The van der Waals surface area contributed by atoms with Crippen molar-refractivity contribution in [2.45, 2.75) is 89.2 Å². The Balaban J connectivity index is 1.58. The molecule has 3 aliphatic rings. The second kappa shape index (κ2) is 8.70. The molecule has 2 aliphatic carbocycles. The Morgan fingerprint density at radius 3 is 2.68 bits per heavy atom. The summed E-state index contributed by atoms with van der Waals surface area (Å²) in [6.07, 6.45) is 5.80. The number of hydrogen-bond acceptors (Lipinski definition) is 5. The Kier molecular flexibility index (Phi) is 6.32. The molecule has 0 radical (unpaired) electrons. The van der Waals surface area contributed by atoms with E-state index in [1.807, 2.05) is 32.6 Å². The van der Waals surface area contributed by atoms with Gasteiger partial charge in [0.15, 0.2) is 0 Å². The number of carbonyl (C=O) groups excluding carboxylic acids is 1. The van der Waals surface area contributed by atoms with E-state index in [0.29, 0.717) is 31.7 Å².